The van der Waals surface area contributed by atoms with Crippen molar-refractivity contribution in [2.75, 3.05) is 19.0 Å². The lowest BCUT2D eigenvalue weighted by Gasteiger charge is -2.13. The van der Waals surface area contributed by atoms with Crippen molar-refractivity contribution in [3.05, 3.63) is 107 Å². The van der Waals surface area contributed by atoms with E-state index in [0.29, 0.717) is 46.2 Å². The monoisotopic (exact) mass is 595 g/mol. The second kappa shape index (κ2) is 14.1. The zero-order chi connectivity index (χ0) is 30.0. The van der Waals surface area contributed by atoms with Gasteiger partial charge in [-0.2, -0.15) is 5.10 Å². The van der Waals surface area contributed by atoms with E-state index in [9.17, 15) is 9.59 Å². The molecule has 0 bridgehead atoms. The van der Waals surface area contributed by atoms with Crippen molar-refractivity contribution in [3.8, 4) is 17.2 Å². The normalized spacial score (nSPS) is 10.9. The van der Waals surface area contributed by atoms with E-state index >= 15 is 0 Å². The van der Waals surface area contributed by atoms with Gasteiger partial charge < -0.3 is 14.2 Å². The Morgan fingerprint density at radius 1 is 0.930 bits per heavy atom. The predicted octanol–water partition coefficient (Wildman–Crippen LogP) is 5.62. The summed E-state index contributed by atoms with van der Waals surface area (Å²) < 4.78 is 17.0. The number of amides is 2. The van der Waals surface area contributed by atoms with Crippen LogP contribution in [0.3, 0.4) is 0 Å². The van der Waals surface area contributed by atoms with Gasteiger partial charge in [-0.1, -0.05) is 53.8 Å². The molecule has 0 saturated carbocycles. The summed E-state index contributed by atoms with van der Waals surface area (Å²) in [7, 11) is 1.56. The van der Waals surface area contributed by atoms with Gasteiger partial charge in [-0.05, 0) is 71.3 Å². The summed E-state index contributed by atoms with van der Waals surface area (Å²) in [4.78, 5) is 24.9. The van der Waals surface area contributed by atoms with Crippen LogP contribution in [0.15, 0.2) is 90.0 Å². The van der Waals surface area contributed by atoms with Crippen molar-refractivity contribution < 1.29 is 23.8 Å². The van der Waals surface area contributed by atoms with Crippen molar-refractivity contribution in [2.45, 2.75) is 20.0 Å². The Morgan fingerprint density at radius 3 is 2.56 bits per heavy atom. The van der Waals surface area contributed by atoms with Crippen molar-refractivity contribution in [2.24, 2.45) is 5.10 Å². The first-order valence-electron chi connectivity index (χ1n) is 13.5. The Kier molecular flexibility index (Phi) is 9.55. The lowest BCUT2D eigenvalue weighted by Crippen LogP contribution is -2.19. The van der Waals surface area contributed by atoms with Crippen LogP contribution in [0.2, 0.25) is 0 Å². The molecular weight excluding hydrogens is 566 g/mol. The Morgan fingerprint density at radius 2 is 1.74 bits per heavy atom. The number of hydrogen-bond acceptors (Lipinski definition) is 9. The molecule has 0 unspecified atom stereocenters. The van der Waals surface area contributed by atoms with Gasteiger partial charge in [-0.3, -0.25) is 14.9 Å². The van der Waals surface area contributed by atoms with Gasteiger partial charge in [0.25, 0.3) is 5.91 Å². The second-order valence-corrected chi connectivity index (χ2v) is 10.3. The molecule has 0 saturated heterocycles. The molecule has 2 amide bonds. The lowest BCUT2D eigenvalue weighted by atomic mass is 10.1. The van der Waals surface area contributed by atoms with Crippen LogP contribution < -0.4 is 25.0 Å². The standard InChI is InChI=1S/C32H29N5O5S/c1-3-41-28-17-21(11-16-27(28)42-20-24-9-6-8-22-7-4-5-10-26(22)24)19-33-35-29(38)18-30-36-37-32(43-30)34-31(39)23-12-14-25(40-2)15-13-23/h4-17,19H,3,18,20H2,1-2H3,(H,35,38)(H,34,37,39). The van der Waals surface area contributed by atoms with Gasteiger partial charge in [0.2, 0.25) is 11.0 Å². The number of carbonyl (C=O) groups excluding carboxylic acids is 2. The molecular formula is C32H29N5O5S. The molecule has 0 radical (unpaired) electrons. The average molecular weight is 596 g/mol. The summed E-state index contributed by atoms with van der Waals surface area (Å²) in [6.07, 6.45) is 1.48. The van der Waals surface area contributed by atoms with Crippen LogP contribution in [0.25, 0.3) is 10.8 Å². The fraction of sp³-hybridized carbons (Fsp3) is 0.156. The maximum absolute atomic E-state index is 12.4. The highest BCUT2D eigenvalue weighted by Gasteiger charge is 2.13. The van der Waals surface area contributed by atoms with E-state index < -0.39 is 0 Å². The number of methoxy groups -OCH3 is 1. The molecule has 4 aromatic carbocycles. The number of benzene rings is 4. The van der Waals surface area contributed by atoms with E-state index in [1.165, 1.54) is 6.21 Å². The summed E-state index contributed by atoms with van der Waals surface area (Å²) in [5, 5.41) is 17.7. The summed E-state index contributed by atoms with van der Waals surface area (Å²) in [6.45, 7) is 2.76. The number of fused-ring (bicyclic) bond motifs is 1. The Hall–Kier alpha value is -5.29. The highest BCUT2D eigenvalue weighted by molar-refractivity contribution is 7.15. The molecule has 0 spiro atoms. The van der Waals surface area contributed by atoms with E-state index in [2.05, 4.69) is 44.2 Å². The van der Waals surface area contributed by atoms with Gasteiger partial charge >= 0.3 is 0 Å². The zero-order valence-electron chi connectivity index (χ0n) is 23.6. The summed E-state index contributed by atoms with van der Waals surface area (Å²) in [5.41, 5.74) is 4.74. The van der Waals surface area contributed by atoms with Gasteiger partial charge in [0.05, 0.1) is 26.4 Å². The van der Waals surface area contributed by atoms with Gasteiger partial charge in [-0.25, -0.2) is 5.43 Å². The molecule has 0 aliphatic heterocycles. The fourth-order valence-electron chi connectivity index (χ4n) is 4.21. The molecule has 1 aromatic heterocycles. The topological polar surface area (TPSA) is 124 Å². The van der Waals surface area contributed by atoms with Gasteiger partial charge in [0, 0.05) is 5.56 Å². The zero-order valence-corrected chi connectivity index (χ0v) is 24.4. The minimum absolute atomic E-state index is 0.0431. The van der Waals surface area contributed by atoms with Crippen LogP contribution in [0.5, 0.6) is 17.2 Å². The van der Waals surface area contributed by atoms with Crippen molar-refractivity contribution in [1.82, 2.24) is 15.6 Å². The minimum atomic E-state index is -0.375. The van der Waals surface area contributed by atoms with Crippen LogP contribution in [-0.4, -0.2) is 41.9 Å². The van der Waals surface area contributed by atoms with Crippen molar-refractivity contribution in [3.63, 3.8) is 0 Å². The number of aromatic nitrogens is 2. The third kappa shape index (κ3) is 7.72. The van der Waals surface area contributed by atoms with E-state index in [0.717, 1.165) is 33.2 Å². The molecule has 2 N–H and O–H groups in total. The Labute approximate surface area is 252 Å². The minimum Gasteiger partial charge on any atom is -0.497 e. The quantitative estimate of drug-likeness (QED) is 0.142. The first kappa shape index (κ1) is 29.2. The number of nitrogens with zero attached hydrogens (tertiary/aromatic N) is 3. The van der Waals surface area contributed by atoms with Crippen LogP contribution in [-0.2, 0) is 17.8 Å². The number of ether oxygens (including phenoxy) is 3. The van der Waals surface area contributed by atoms with Crippen molar-refractivity contribution >= 4 is 45.3 Å². The van der Waals surface area contributed by atoms with Crippen molar-refractivity contribution in [1.29, 1.82) is 0 Å². The average Bonchev–Trinajstić information content (AvgIpc) is 3.47. The molecule has 0 atom stereocenters. The van der Waals surface area contributed by atoms with Gasteiger partial charge in [0.1, 0.15) is 17.4 Å². The fourth-order valence-corrected chi connectivity index (χ4v) is 4.94. The third-order valence-corrected chi connectivity index (χ3v) is 7.12. The third-order valence-electron chi connectivity index (χ3n) is 6.28. The molecule has 0 aliphatic carbocycles. The predicted molar refractivity (Wildman–Crippen MR) is 166 cm³/mol. The number of hydrogen-bond donors (Lipinski definition) is 2. The summed E-state index contributed by atoms with van der Waals surface area (Å²) in [6, 6.07) is 26.5. The molecule has 0 aliphatic rings. The van der Waals surface area contributed by atoms with E-state index in [-0.39, 0.29) is 18.2 Å². The maximum Gasteiger partial charge on any atom is 0.257 e. The smallest absolute Gasteiger partial charge is 0.257 e. The molecule has 10 nitrogen and oxygen atoms in total. The molecule has 5 rings (SSSR count). The molecule has 5 aromatic rings. The SMILES string of the molecule is CCOc1cc(C=NNC(=O)Cc2nnc(NC(=O)c3ccc(OC)cc3)s2)ccc1OCc1cccc2ccccc12. The Balaban J connectivity index is 1.14. The Bertz CT molecular complexity index is 1750. The largest absolute Gasteiger partial charge is 0.497 e. The van der Waals surface area contributed by atoms with Gasteiger partial charge in [0.15, 0.2) is 11.5 Å². The highest BCUT2D eigenvalue weighted by Crippen LogP contribution is 2.30. The first-order valence-corrected chi connectivity index (χ1v) is 14.3. The van der Waals surface area contributed by atoms with E-state index in [1.54, 1.807) is 37.4 Å². The number of anilines is 1. The lowest BCUT2D eigenvalue weighted by molar-refractivity contribution is -0.120. The second-order valence-electron chi connectivity index (χ2n) is 9.22. The summed E-state index contributed by atoms with van der Waals surface area (Å²) >= 11 is 1.11. The molecule has 43 heavy (non-hydrogen) atoms. The molecule has 218 valence electrons. The van der Waals surface area contributed by atoms with Crippen LogP contribution in [0, 0.1) is 0 Å². The molecule has 11 heteroatoms. The number of rotatable bonds is 12. The summed E-state index contributed by atoms with van der Waals surface area (Å²) in [5.74, 6) is 1.13. The number of nitrogens with one attached hydrogen (secondary N) is 2. The van der Waals surface area contributed by atoms with E-state index in [1.807, 2.05) is 43.3 Å². The number of carbonyl (C=O) groups is 2. The van der Waals surface area contributed by atoms with E-state index in [4.69, 9.17) is 14.2 Å². The highest BCUT2D eigenvalue weighted by atomic mass is 32.1. The van der Waals surface area contributed by atoms with Crippen LogP contribution in [0.4, 0.5) is 5.13 Å². The maximum atomic E-state index is 12.4. The van der Waals surface area contributed by atoms with Crippen LogP contribution in [0.1, 0.15) is 33.4 Å². The van der Waals surface area contributed by atoms with Crippen LogP contribution >= 0.6 is 11.3 Å². The first-order chi connectivity index (χ1) is 21.0. The molecule has 0 fully saturated rings. The molecule has 1 heterocycles. The number of hydrazone groups is 1. The van der Waals surface area contributed by atoms with Gasteiger partial charge in [-0.15, -0.1) is 10.2 Å².